The van der Waals surface area contributed by atoms with Gasteiger partial charge in [0.25, 0.3) is 5.91 Å². The Labute approximate surface area is 168 Å². The number of carbonyl (C=O) groups is 1. The number of ether oxygens (including phenoxy) is 1. The summed E-state index contributed by atoms with van der Waals surface area (Å²) in [5, 5.41) is 7.76. The number of carbonyl (C=O) groups excluding carboxylic acids is 1. The Kier molecular flexibility index (Phi) is 6.31. The summed E-state index contributed by atoms with van der Waals surface area (Å²) < 4.78 is 20.2. The standard InChI is InChI=1S/C21H21ClFN3O2/c1-14-11-18(7-8-19(14)22)28-13-26-10-9-20(25-26)21(27)24-12-15(2)16-3-5-17(23)6-4-16/h3-11,15H,12-13H2,1-2H3,(H,24,27). The van der Waals surface area contributed by atoms with E-state index in [0.29, 0.717) is 23.0 Å². The van der Waals surface area contributed by atoms with Crippen LogP contribution < -0.4 is 10.1 Å². The number of nitrogens with zero attached hydrogens (tertiary/aromatic N) is 2. The lowest BCUT2D eigenvalue weighted by atomic mass is 10.0. The minimum Gasteiger partial charge on any atom is -0.471 e. The second-order valence-corrected chi connectivity index (χ2v) is 6.99. The van der Waals surface area contributed by atoms with Gasteiger partial charge in [0, 0.05) is 17.8 Å². The molecular formula is C21H21ClFN3O2. The summed E-state index contributed by atoms with van der Waals surface area (Å²) in [6.07, 6.45) is 1.68. The average molecular weight is 402 g/mol. The fraction of sp³-hybridized carbons (Fsp3) is 0.238. The quantitative estimate of drug-likeness (QED) is 0.631. The normalized spacial score (nSPS) is 11.9. The van der Waals surface area contributed by atoms with E-state index in [4.69, 9.17) is 16.3 Å². The molecule has 1 N–H and O–H groups in total. The second-order valence-electron chi connectivity index (χ2n) is 6.59. The molecule has 0 aliphatic rings. The Morgan fingerprint density at radius 2 is 2.00 bits per heavy atom. The van der Waals surface area contributed by atoms with Crippen LogP contribution >= 0.6 is 11.6 Å². The zero-order valence-electron chi connectivity index (χ0n) is 15.7. The van der Waals surface area contributed by atoms with E-state index in [1.54, 1.807) is 41.2 Å². The Morgan fingerprint density at radius 3 is 2.71 bits per heavy atom. The molecule has 0 saturated carbocycles. The Bertz CT molecular complexity index is 957. The van der Waals surface area contributed by atoms with Crippen molar-refractivity contribution in [3.05, 3.63) is 82.4 Å². The fourth-order valence-electron chi connectivity index (χ4n) is 2.65. The average Bonchev–Trinajstić information content (AvgIpc) is 3.16. The Hall–Kier alpha value is -2.86. The molecule has 3 rings (SSSR count). The van der Waals surface area contributed by atoms with E-state index in [-0.39, 0.29) is 24.4 Å². The van der Waals surface area contributed by atoms with Gasteiger partial charge in [0.15, 0.2) is 6.73 Å². The largest absolute Gasteiger partial charge is 0.471 e. The summed E-state index contributed by atoms with van der Waals surface area (Å²) in [5.41, 5.74) is 2.19. The number of hydrogen-bond donors (Lipinski definition) is 1. The molecular weight excluding hydrogens is 381 g/mol. The summed E-state index contributed by atoms with van der Waals surface area (Å²) in [6, 6.07) is 13.3. The number of aromatic nitrogens is 2. The van der Waals surface area contributed by atoms with Crippen LogP contribution in [0.4, 0.5) is 4.39 Å². The number of rotatable bonds is 7. The Morgan fingerprint density at radius 1 is 1.25 bits per heavy atom. The highest BCUT2D eigenvalue weighted by Crippen LogP contribution is 2.21. The molecule has 0 saturated heterocycles. The third-order valence-electron chi connectivity index (χ3n) is 4.37. The summed E-state index contributed by atoms with van der Waals surface area (Å²) in [7, 11) is 0. The summed E-state index contributed by atoms with van der Waals surface area (Å²) in [4.78, 5) is 12.3. The van der Waals surface area contributed by atoms with Crippen LogP contribution in [-0.4, -0.2) is 22.2 Å². The van der Waals surface area contributed by atoms with Crippen molar-refractivity contribution in [3.63, 3.8) is 0 Å². The number of aryl methyl sites for hydroxylation is 1. The summed E-state index contributed by atoms with van der Waals surface area (Å²) in [5.74, 6) is 0.191. The highest BCUT2D eigenvalue weighted by molar-refractivity contribution is 6.31. The monoisotopic (exact) mass is 401 g/mol. The molecule has 5 nitrogen and oxygen atoms in total. The van der Waals surface area contributed by atoms with Crippen LogP contribution in [0, 0.1) is 12.7 Å². The summed E-state index contributed by atoms with van der Waals surface area (Å²) >= 11 is 6.00. The molecule has 28 heavy (non-hydrogen) atoms. The van der Waals surface area contributed by atoms with Crippen molar-refractivity contribution in [1.82, 2.24) is 15.1 Å². The molecule has 1 amide bonds. The number of benzene rings is 2. The number of nitrogens with one attached hydrogen (secondary N) is 1. The molecule has 146 valence electrons. The lowest BCUT2D eigenvalue weighted by Gasteiger charge is -2.12. The van der Waals surface area contributed by atoms with Crippen molar-refractivity contribution < 1.29 is 13.9 Å². The van der Waals surface area contributed by atoms with Gasteiger partial charge in [0.05, 0.1) is 0 Å². The van der Waals surface area contributed by atoms with Gasteiger partial charge in [0.1, 0.15) is 17.3 Å². The molecule has 2 aromatic carbocycles. The molecule has 0 aliphatic heterocycles. The zero-order chi connectivity index (χ0) is 20.1. The van der Waals surface area contributed by atoms with Gasteiger partial charge in [-0.1, -0.05) is 30.7 Å². The van der Waals surface area contributed by atoms with E-state index in [2.05, 4.69) is 10.4 Å². The van der Waals surface area contributed by atoms with Crippen molar-refractivity contribution in [2.75, 3.05) is 6.54 Å². The number of amides is 1. The lowest BCUT2D eigenvalue weighted by Crippen LogP contribution is -2.28. The van der Waals surface area contributed by atoms with Gasteiger partial charge < -0.3 is 10.1 Å². The van der Waals surface area contributed by atoms with Gasteiger partial charge in [-0.25, -0.2) is 9.07 Å². The fourth-order valence-corrected chi connectivity index (χ4v) is 2.77. The highest BCUT2D eigenvalue weighted by atomic mass is 35.5. The van der Waals surface area contributed by atoms with Crippen molar-refractivity contribution in [2.24, 2.45) is 0 Å². The molecule has 0 fully saturated rings. The topological polar surface area (TPSA) is 56.1 Å². The van der Waals surface area contributed by atoms with Crippen LogP contribution in [0.15, 0.2) is 54.7 Å². The molecule has 7 heteroatoms. The maximum Gasteiger partial charge on any atom is 0.271 e. The van der Waals surface area contributed by atoms with E-state index in [1.807, 2.05) is 19.9 Å². The van der Waals surface area contributed by atoms with Crippen LogP contribution in [0.2, 0.25) is 5.02 Å². The molecule has 3 aromatic rings. The Balaban J connectivity index is 1.51. The molecule has 0 aliphatic carbocycles. The van der Waals surface area contributed by atoms with E-state index < -0.39 is 0 Å². The lowest BCUT2D eigenvalue weighted by molar-refractivity contribution is 0.0944. The molecule has 1 unspecified atom stereocenters. The van der Waals surface area contributed by atoms with Crippen LogP contribution in [0.5, 0.6) is 5.75 Å². The van der Waals surface area contributed by atoms with E-state index in [9.17, 15) is 9.18 Å². The van der Waals surface area contributed by atoms with Crippen molar-refractivity contribution in [3.8, 4) is 5.75 Å². The minimum atomic E-state index is -0.276. The van der Waals surface area contributed by atoms with Crippen molar-refractivity contribution >= 4 is 17.5 Å². The van der Waals surface area contributed by atoms with E-state index in [0.717, 1.165) is 11.1 Å². The first-order valence-corrected chi connectivity index (χ1v) is 9.26. The maximum absolute atomic E-state index is 13.0. The molecule has 0 radical (unpaired) electrons. The predicted molar refractivity (Wildman–Crippen MR) is 106 cm³/mol. The first-order chi connectivity index (χ1) is 13.4. The molecule has 0 spiro atoms. The number of halogens is 2. The minimum absolute atomic E-state index is 0.0584. The summed E-state index contributed by atoms with van der Waals surface area (Å²) in [6.45, 7) is 4.48. The smallest absolute Gasteiger partial charge is 0.271 e. The van der Waals surface area contributed by atoms with Crippen LogP contribution in [0.1, 0.15) is 34.5 Å². The second kappa shape index (κ2) is 8.89. The van der Waals surface area contributed by atoms with E-state index in [1.165, 1.54) is 12.1 Å². The third kappa shape index (κ3) is 5.10. The van der Waals surface area contributed by atoms with E-state index >= 15 is 0 Å². The SMILES string of the molecule is Cc1cc(OCn2ccc(C(=O)NCC(C)c3ccc(F)cc3)n2)ccc1Cl. The zero-order valence-corrected chi connectivity index (χ0v) is 16.4. The van der Waals surface area contributed by atoms with Crippen LogP contribution in [-0.2, 0) is 6.73 Å². The molecule has 1 aromatic heterocycles. The number of hydrogen-bond acceptors (Lipinski definition) is 3. The van der Waals surface area contributed by atoms with Crippen molar-refractivity contribution in [1.29, 1.82) is 0 Å². The van der Waals surface area contributed by atoms with Gasteiger partial charge in [0.2, 0.25) is 0 Å². The van der Waals surface area contributed by atoms with Gasteiger partial charge >= 0.3 is 0 Å². The first-order valence-electron chi connectivity index (χ1n) is 8.88. The van der Waals surface area contributed by atoms with Gasteiger partial charge in [-0.15, -0.1) is 0 Å². The van der Waals surface area contributed by atoms with Gasteiger partial charge in [-0.3, -0.25) is 4.79 Å². The third-order valence-corrected chi connectivity index (χ3v) is 4.80. The maximum atomic E-state index is 13.0. The van der Waals surface area contributed by atoms with Gasteiger partial charge in [-0.05, 0) is 60.4 Å². The predicted octanol–water partition coefficient (Wildman–Crippen LogP) is 4.55. The highest BCUT2D eigenvalue weighted by Gasteiger charge is 2.12. The molecule has 0 bridgehead atoms. The first kappa shape index (κ1) is 19.9. The molecule has 1 heterocycles. The van der Waals surface area contributed by atoms with Gasteiger partial charge in [-0.2, -0.15) is 5.10 Å². The van der Waals surface area contributed by atoms with Crippen LogP contribution in [0.3, 0.4) is 0 Å². The molecule has 1 atom stereocenters. The van der Waals surface area contributed by atoms with Crippen molar-refractivity contribution in [2.45, 2.75) is 26.5 Å². The van der Waals surface area contributed by atoms with Crippen LogP contribution in [0.25, 0.3) is 0 Å².